The summed E-state index contributed by atoms with van der Waals surface area (Å²) in [6.07, 6.45) is 2.51. The third-order valence-corrected chi connectivity index (χ3v) is 3.66. The number of hydrogen-bond acceptors (Lipinski definition) is 3. The number of carbonyl (C=O) groups excluding carboxylic acids is 1. The fraction of sp³-hybridized carbons (Fsp3) is 0.714. The molecule has 2 rings (SSSR count). The lowest BCUT2D eigenvalue weighted by molar-refractivity contribution is -0.121. The molecule has 1 heterocycles. The molecule has 0 saturated heterocycles. The lowest BCUT2D eigenvalue weighted by atomic mass is 10.2. The van der Waals surface area contributed by atoms with Crippen molar-refractivity contribution in [2.75, 3.05) is 13.1 Å². The molecule has 1 fully saturated rings. The lowest BCUT2D eigenvalue weighted by Crippen LogP contribution is -2.30. The van der Waals surface area contributed by atoms with Gasteiger partial charge in [0.2, 0.25) is 5.91 Å². The maximum atomic E-state index is 11.8. The Balaban J connectivity index is 1.93. The van der Waals surface area contributed by atoms with E-state index in [0.717, 1.165) is 31.0 Å². The summed E-state index contributed by atoms with van der Waals surface area (Å²) in [5.41, 5.74) is 3.30. The second-order valence-electron chi connectivity index (χ2n) is 5.33. The minimum atomic E-state index is 0.0625. The van der Waals surface area contributed by atoms with E-state index in [1.807, 2.05) is 18.5 Å². The first kappa shape index (κ1) is 14.1. The molecule has 1 aromatic heterocycles. The minimum absolute atomic E-state index is 0.0625. The van der Waals surface area contributed by atoms with Crippen LogP contribution in [0.3, 0.4) is 0 Å². The van der Waals surface area contributed by atoms with Gasteiger partial charge < -0.3 is 10.6 Å². The Labute approximate surface area is 114 Å². The quantitative estimate of drug-likeness (QED) is 0.776. The zero-order valence-corrected chi connectivity index (χ0v) is 12.1. The third-order valence-electron chi connectivity index (χ3n) is 3.66. The molecule has 0 radical (unpaired) electrons. The van der Waals surface area contributed by atoms with Crippen LogP contribution in [-0.2, 0) is 17.9 Å². The van der Waals surface area contributed by atoms with Gasteiger partial charge >= 0.3 is 0 Å². The van der Waals surface area contributed by atoms with Gasteiger partial charge in [0.15, 0.2) is 0 Å². The molecule has 0 aliphatic heterocycles. The second kappa shape index (κ2) is 6.19. The Morgan fingerprint density at radius 2 is 2.16 bits per heavy atom. The van der Waals surface area contributed by atoms with E-state index < -0.39 is 0 Å². The summed E-state index contributed by atoms with van der Waals surface area (Å²) in [4.78, 5) is 11.8. The van der Waals surface area contributed by atoms with E-state index in [4.69, 9.17) is 0 Å². The Hall–Kier alpha value is -1.36. The molecule has 0 bridgehead atoms. The van der Waals surface area contributed by atoms with E-state index in [1.165, 1.54) is 18.4 Å². The van der Waals surface area contributed by atoms with Crippen LogP contribution in [0.4, 0.5) is 0 Å². The summed E-state index contributed by atoms with van der Waals surface area (Å²) in [6.45, 7) is 9.01. The summed E-state index contributed by atoms with van der Waals surface area (Å²) in [7, 11) is 0. The Morgan fingerprint density at radius 1 is 1.42 bits per heavy atom. The summed E-state index contributed by atoms with van der Waals surface area (Å²) in [5.74, 6) is 0.779. The molecule has 2 N–H and O–H groups in total. The lowest BCUT2D eigenvalue weighted by Gasteiger charge is -2.07. The van der Waals surface area contributed by atoms with Crippen LogP contribution < -0.4 is 10.6 Å². The Kier molecular flexibility index (Phi) is 4.58. The Bertz CT molecular complexity index is 449. The van der Waals surface area contributed by atoms with Crippen LogP contribution in [0.2, 0.25) is 0 Å². The standard InChI is InChI=1S/C14H24N4O/c1-4-15-8-13-10(2)17-18(11(13)3)9-14(19)16-7-12-5-6-12/h12,15H,4-9H2,1-3H3,(H,16,19). The second-order valence-corrected chi connectivity index (χ2v) is 5.33. The first-order valence-corrected chi connectivity index (χ1v) is 7.12. The van der Waals surface area contributed by atoms with Gasteiger partial charge in [-0.2, -0.15) is 5.10 Å². The molecular formula is C14H24N4O. The maximum absolute atomic E-state index is 11.8. The molecular weight excluding hydrogens is 240 g/mol. The van der Waals surface area contributed by atoms with Crippen molar-refractivity contribution in [3.63, 3.8) is 0 Å². The van der Waals surface area contributed by atoms with Gasteiger partial charge in [-0.3, -0.25) is 9.48 Å². The van der Waals surface area contributed by atoms with Crippen LogP contribution in [-0.4, -0.2) is 28.8 Å². The van der Waals surface area contributed by atoms with Gasteiger partial charge in [0, 0.05) is 24.3 Å². The highest BCUT2D eigenvalue weighted by atomic mass is 16.2. The summed E-state index contributed by atoms with van der Waals surface area (Å²) in [5, 5.41) is 10.7. The summed E-state index contributed by atoms with van der Waals surface area (Å²) < 4.78 is 1.81. The fourth-order valence-electron chi connectivity index (χ4n) is 2.17. The van der Waals surface area contributed by atoms with E-state index in [0.29, 0.717) is 12.5 Å². The molecule has 1 aliphatic carbocycles. The van der Waals surface area contributed by atoms with E-state index in [1.54, 1.807) is 0 Å². The van der Waals surface area contributed by atoms with Gasteiger partial charge in [-0.05, 0) is 39.2 Å². The van der Waals surface area contributed by atoms with Crippen LogP contribution in [0.1, 0.15) is 36.7 Å². The van der Waals surface area contributed by atoms with Gasteiger partial charge in [-0.15, -0.1) is 0 Å². The average molecular weight is 264 g/mol. The predicted octanol–water partition coefficient (Wildman–Crippen LogP) is 1.14. The van der Waals surface area contributed by atoms with Gasteiger partial charge in [-0.1, -0.05) is 6.92 Å². The average Bonchev–Trinajstić information content (AvgIpc) is 3.15. The van der Waals surface area contributed by atoms with E-state index in [9.17, 15) is 4.79 Å². The van der Waals surface area contributed by atoms with Crippen LogP contribution in [0.25, 0.3) is 0 Å². The number of nitrogens with one attached hydrogen (secondary N) is 2. The molecule has 1 aliphatic rings. The van der Waals surface area contributed by atoms with Crippen LogP contribution in [0.15, 0.2) is 0 Å². The van der Waals surface area contributed by atoms with Gasteiger partial charge in [0.25, 0.3) is 0 Å². The molecule has 0 spiro atoms. The van der Waals surface area contributed by atoms with Crippen LogP contribution in [0, 0.1) is 19.8 Å². The number of aryl methyl sites for hydroxylation is 1. The number of aromatic nitrogens is 2. The summed E-state index contributed by atoms with van der Waals surface area (Å²) >= 11 is 0. The molecule has 5 nitrogen and oxygen atoms in total. The van der Waals surface area contributed by atoms with Gasteiger partial charge in [-0.25, -0.2) is 0 Å². The van der Waals surface area contributed by atoms with Crippen molar-refractivity contribution in [1.82, 2.24) is 20.4 Å². The Morgan fingerprint density at radius 3 is 2.79 bits per heavy atom. The normalized spacial score (nSPS) is 14.7. The number of rotatable bonds is 7. The molecule has 1 aromatic rings. The zero-order chi connectivity index (χ0) is 13.8. The maximum Gasteiger partial charge on any atom is 0.241 e. The number of carbonyl (C=O) groups is 1. The van der Waals surface area contributed by atoms with E-state index in [2.05, 4.69) is 22.7 Å². The molecule has 0 aromatic carbocycles. The van der Waals surface area contributed by atoms with Crippen molar-refractivity contribution >= 4 is 5.91 Å². The van der Waals surface area contributed by atoms with Gasteiger partial charge in [0.05, 0.1) is 5.69 Å². The van der Waals surface area contributed by atoms with Crippen molar-refractivity contribution in [1.29, 1.82) is 0 Å². The molecule has 106 valence electrons. The van der Waals surface area contributed by atoms with Crippen molar-refractivity contribution in [2.24, 2.45) is 5.92 Å². The topological polar surface area (TPSA) is 59.0 Å². The highest BCUT2D eigenvalue weighted by Crippen LogP contribution is 2.27. The highest BCUT2D eigenvalue weighted by molar-refractivity contribution is 5.75. The summed E-state index contributed by atoms with van der Waals surface area (Å²) in [6, 6.07) is 0. The fourth-order valence-corrected chi connectivity index (χ4v) is 2.17. The van der Waals surface area contributed by atoms with Gasteiger partial charge in [0.1, 0.15) is 6.54 Å². The third kappa shape index (κ3) is 3.80. The van der Waals surface area contributed by atoms with Crippen molar-refractivity contribution in [2.45, 2.75) is 46.7 Å². The van der Waals surface area contributed by atoms with Crippen LogP contribution in [0.5, 0.6) is 0 Å². The molecule has 0 unspecified atom stereocenters. The molecule has 19 heavy (non-hydrogen) atoms. The molecule has 5 heteroatoms. The zero-order valence-electron chi connectivity index (χ0n) is 12.1. The predicted molar refractivity (Wildman–Crippen MR) is 74.8 cm³/mol. The smallest absolute Gasteiger partial charge is 0.241 e. The first-order chi connectivity index (χ1) is 9.11. The van der Waals surface area contributed by atoms with Crippen molar-refractivity contribution < 1.29 is 4.79 Å². The van der Waals surface area contributed by atoms with Crippen molar-refractivity contribution in [3.8, 4) is 0 Å². The first-order valence-electron chi connectivity index (χ1n) is 7.12. The molecule has 1 amide bonds. The number of nitrogens with zero attached hydrogens (tertiary/aromatic N) is 2. The molecule has 1 saturated carbocycles. The van der Waals surface area contributed by atoms with E-state index >= 15 is 0 Å². The van der Waals surface area contributed by atoms with E-state index in [-0.39, 0.29) is 5.91 Å². The minimum Gasteiger partial charge on any atom is -0.354 e. The largest absolute Gasteiger partial charge is 0.354 e. The number of amides is 1. The SMILES string of the molecule is CCNCc1c(C)nn(CC(=O)NCC2CC2)c1C. The highest BCUT2D eigenvalue weighted by Gasteiger charge is 2.22. The van der Waals surface area contributed by atoms with Crippen molar-refractivity contribution in [3.05, 3.63) is 17.0 Å². The molecule has 0 atom stereocenters. The van der Waals surface area contributed by atoms with Crippen LogP contribution >= 0.6 is 0 Å². The monoisotopic (exact) mass is 264 g/mol. The number of hydrogen-bond donors (Lipinski definition) is 2.